The van der Waals surface area contributed by atoms with E-state index in [-0.39, 0.29) is 0 Å². The molecular formula is C12H25NO. The van der Waals surface area contributed by atoms with Gasteiger partial charge in [0.1, 0.15) is 0 Å². The molecule has 0 amide bonds. The molecule has 1 unspecified atom stereocenters. The Bertz CT molecular complexity index is 156. The van der Waals surface area contributed by atoms with Gasteiger partial charge in [-0.2, -0.15) is 0 Å². The van der Waals surface area contributed by atoms with Gasteiger partial charge in [-0.3, -0.25) is 0 Å². The lowest BCUT2D eigenvalue weighted by molar-refractivity contribution is 0.191. The van der Waals surface area contributed by atoms with Crippen molar-refractivity contribution in [3.05, 3.63) is 0 Å². The van der Waals surface area contributed by atoms with E-state index in [0.717, 1.165) is 19.2 Å². The van der Waals surface area contributed by atoms with Gasteiger partial charge in [0.05, 0.1) is 0 Å². The number of hydrogen-bond acceptors (Lipinski definition) is 2. The van der Waals surface area contributed by atoms with E-state index < -0.39 is 0 Å². The molecule has 0 aromatic heterocycles. The first kappa shape index (κ1) is 12.0. The van der Waals surface area contributed by atoms with E-state index in [1.807, 2.05) is 0 Å². The Morgan fingerprint density at radius 1 is 1.36 bits per heavy atom. The van der Waals surface area contributed by atoms with E-state index in [1.54, 1.807) is 7.11 Å². The molecule has 0 radical (unpaired) electrons. The lowest BCUT2D eigenvalue weighted by atomic mass is 9.87. The summed E-state index contributed by atoms with van der Waals surface area (Å²) in [4.78, 5) is 0. The molecule has 1 atom stereocenters. The second-order valence-electron chi connectivity index (χ2n) is 5.09. The largest absolute Gasteiger partial charge is 0.385 e. The van der Waals surface area contributed by atoms with Gasteiger partial charge >= 0.3 is 0 Å². The molecule has 1 aliphatic carbocycles. The van der Waals surface area contributed by atoms with Crippen molar-refractivity contribution in [2.24, 2.45) is 5.41 Å². The summed E-state index contributed by atoms with van der Waals surface area (Å²) in [5.41, 5.74) is 0.515. The van der Waals surface area contributed by atoms with Gasteiger partial charge in [-0.25, -0.2) is 0 Å². The first-order valence-electron chi connectivity index (χ1n) is 5.89. The SMILES string of the molecule is COCCCCNC1CCCC1(C)C. The van der Waals surface area contributed by atoms with Crippen molar-refractivity contribution in [1.29, 1.82) is 0 Å². The zero-order valence-electron chi connectivity index (χ0n) is 9.94. The van der Waals surface area contributed by atoms with Crippen LogP contribution < -0.4 is 5.32 Å². The maximum atomic E-state index is 5.03. The molecule has 14 heavy (non-hydrogen) atoms. The quantitative estimate of drug-likeness (QED) is 0.664. The number of unbranched alkanes of at least 4 members (excludes halogenated alkanes) is 1. The molecule has 0 spiro atoms. The molecule has 84 valence electrons. The van der Waals surface area contributed by atoms with Crippen molar-refractivity contribution in [3.8, 4) is 0 Å². The molecule has 1 aliphatic rings. The van der Waals surface area contributed by atoms with Gasteiger partial charge in [0, 0.05) is 19.8 Å². The molecule has 0 aromatic carbocycles. The molecule has 2 heteroatoms. The predicted octanol–water partition coefficient (Wildman–Crippen LogP) is 2.58. The van der Waals surface area contributed by atoms with Crippen molar-refractivity contribution < 1.29 is 4.74 Å². The summed E-state index contributed by atoms with van der Waals surface area (Å²) in [5.74, 6) is 0. The van der Waals surface area contributed by atoms with Gasteiger partial charge in [0.15, 0.2) is 0 Å². The third kappa shape index (κ3) is 3.58. The molecule has 0 saturated heterocycles. The Balaban J connectivity index is 2.06. The molecule has 1 N–H and O–H groups in total. The fourth-order valence-electron chi connectivity index (χ4n) is 2.35. The van der Waals surface area contributed by atoms with E-state index in [0.29, 0.717) is 5.41 Å². The fraction of sp³-hybridized carbons (Fsp3) is 1.00. The van der Waals surface area contributed by atoms with Crippen LogP contribution in [0.1, 0.15) is 46.0 Å². The van der Waals surface area contributed by atoms with Gasteiger partial charge < -0.3 is 10.1 Å². The van der Waals surface area contributed by atoms with E-state index >= 15 is 0 Å². The van der Waals surface area contributed by atoms with Crippen LogP contribution in [0.4, 0.5) is 0 Å². The van der Waals surface area contributed by atoms with Gasteiger partial charge in [0.2, 0.25) is 0 Å². The minimum absolute atomic E-state index is 0.515. The van der Waals surface area contributed by atoms with Crippen LogP contribution in [0.3, 0.4) is 0 Å². The first-order chi connectivity index (χ1) is 6.67. The van der Waals surface area contributed by atoms with Gasteiger partial charge in [-0.05, 0) is 37.6 Å². The molecule has 2 nitrogen and oxygen atoms in total. The molecule has 0 aliphatic heterocycles. The molecule has 1 fully saturated rings. The normalized spacial score (nSPS) is 25.5. The summed E-state index contributed by atoms with van der Waals surface area (Å²) in [5, 5.41) is 3.68. The summed E-state index contributed by atoms with van der Waals surface area (Å²) in [6, 6.07) is 0.741. The van der Waals surface area contributed by atoms with Crippen molar-refractivity contribution in [2.45, 2.75) is 52.0 Å². The number of methoxy groups -OCH3 is 1. The zero-order chi connectivity index (χ0) is 10.4. The number of rotatable bonds is 6. The molecule has 1 saturated carbocycles. The number of hydrogen-bond donors (Lipinski definition) is 1. The standard InChI is InChI=1S/C12H25NO/c1-12(2)8-6-7-11(12)13-9-4-5-10-14-3/h11,13H,4-10H2,1-3H3. The Morgan fingerprint density at radius 3 is 2.71 bits per heavy atom. The van der Waals surface area contributed by atoms with Crippen LogP contribution in [0.15, 0.2) is 0 Å². The van der Waals surface area contributed by atoms with Crippen molar-refractivity contribution in [1.82, 2.24) is 5.32 Å². The third-order valence-corrected chi connectivity index (χ3v) is 3.42. The average molecular weight is 199 g/mol. The predicted molar refractivity (Wildman–Crippen MR) is 60.5 cm³/mol. The summed E-state index contributed by atoms with van der Waals surface area (Å²) < 4.78 is 5.03. The van der Waals surface area contributed by atoms with Crippen molar-refractivity contribution >= 4 is 0 Å². The highest BCUT2D eigenvalue weighted by Crippen LogP contribution is 2.36. The summed E-state index contributed by atoms with van der Waals surface area (Å²) in [6.07, 6.45) is 6.54. The second-order valence-corrected chi connectivity index (χ2v) is 5.09. The van der Waals surface area contributed by atoms with Crippen LogP contribution in [0.5, 0.6) is 0 Å². The molecule has 1 rings (SSSR count). The Hall–Kier alpha value is -0.0800. The minimum atomic E-state index is 0.515. The summed E-state index contributed by atoms with van der Waals surface area (Å²) in [7, 11) is 1.77. The van der Waals surface area contributed by atoms with Gasteiger partial charge in [-0.1, -0.05) is 20.3 Å². The third-order valence-electron chi connectivity index (χ3n) is 3.42. The fourth-order valence-corrected chi connectivity index (χ4v) is 2.35. The highest BCUT2D eigenvalue weighted by atomic mass is 16.5. The number of ether oxygens (including phenoxy) is 1. The van der Waals surface area contributed by atoms with Crippen LogP contribution in [0.2, 0.25) is 0 Å². The minimum Gasteiger partial charge on any atom is -0.385 e. The van der Waals surface area contributed by atoms with Crippen LogP contribution in [0.25, 0.3) is 0 Å². The van der Waals surface area contributed by atoms with E-state index in [2.05, 4.69) is 19.2 Å². The lowest BCUT2D eigenvalue weighted by Gasteiger charge is -2.28. The lowest BCUT2D eigenvalue weighted by Crippen LogP contribution is -2.38. The molecule has 0 aromatic rings. The Morgan fingerprint density at radius 2 is 2.14 bits per heavy atom. The molecule has 0 bridgehead atoms. The van der Waals surface area contributed by atoms with Crippen LogP contribution in [-0.4, -0.2) is 26.3 Å². The number of nitrogens with one attached hydrogen (secondary N) is 1. The highest BCUT2D eigenvalue weighted by Gasteiger charge is 2.33. The first-order valence-corrected chi connectivity index (χ1v) is 5.89. The topological polar surface area (TPSA) is 21.3 Å². The maximum Gasteiger partial charge on any atom is 0.0462 e. The van der Waals surface area contributed by atoms with E-state index in [4.69, 9.17) is 4.74 Å². The second kappa shape index (κ2) is 5.72. The van der Waals surface area contributed by atoms with Crippen molar-refractivity contribution in [3.63, 3.8) is 0 Å². The van der Waals surface area contributed by atoms with Crippen LogP contribution >= 0.6 is 0 Å². The van der Waals surface area contributed by atoms with Gasteiger partial charge in [0.25, 0.3) is 0 Å². The maximum absolute atomic E-state index is 5.03. The molecular weight excluding hydrogens is 174 g/mol. The highest BCUT2D eigenvalue weighted by molar-refractivity contribution is 4.89. The summed E-state index contributed by atoms with van der Waals surface area (Å²) in [6.45, 7) is 6.81. The van der Waals surface area contributed by atoms with E-state index in [1.165, 1.54) is 32.1 Å². The van der Waals surface area contributed by atoms with Crippen LogP contribution in [0, 0.1) is 5.41 Å². The van der Waals surface area contributed by atoms with E-state index in [9.17, 15) is 0 Å². The van der Waals surface area contributed by atoms with Gasteiger partial charge in [-0.15, -0.1) is 0 Å². The Kier molecular flexibility index (Phi) is 4.90. The smallest absolute Gasteiger partial charge is 0.0462 e. The average Bonchev–Trinajstić information content (AvgIpc) is 2.45. The Labute approximate surface area is 88.4 Å². The summed E-state index contributed by atoms with van der Waals surface area (Å²) >= 11 is 0. The van der Waals surface area contributed by atoms with Crippen molar-refractivity contribution in [2.75, 3.05) is 20.3 Å². The monoisotopic (exact) mass is 199 g/mol. The zero-order valence-corrected chi connectivity index (χ0v) is 9.94. The molecule has 0 heterocycles. The van der Waals surface area contributed by atoms with Crippen LogP contribution in [-0.2, 0) is 4.74 Å².